The molecule has 20 heavy (non-hydrogen) atoms. The molecule has 1 amide bonds. The van der Waals surface area contributed by atoms with E-state index in [1.807, 2.05) is 0 Å². The van der Waals surface area contributed by atoms with Crippen LogP contribution in [-0.2, 0) is 11.3 Å². The van der Waals surface area contributed by atoms with Crippen molar-refractivity contribution in [3.8, 4) is 0 Å². The number of hydrogen-bond acceptors (Lipinski definition) is 4. The van der Waals surface area contributed by atoms with E-state index in [1.165, 1.54) is 32.1 Å². The van der Waals surface area contributed by atoms with Crippen molar-refractivity contribution in [1.29, 1.82) is 0 Å². The first-order valence-corrected chi connectivity index (χ1v) is 7.71. The molecule has 3 unspecified atom stereocenters. The predicted molar refractivity (Wildman–Crippen MR) is 74.9 cm³/mol. The van der Waals surface area contributed by atoms with Gasteiger partial charge in [-0.3, -0.25) is 9.48 Å². The first-order valence-electron chi connectivity index (χ1n) is 7.71. The van der Waals surface area contributed by atoms with Crippen LogP contribution >= 0.6 is 0 Å². The standard InChI is InChI=1S/C14H23N5O/c20-14(15-7-9-19-10-8-16-18-19)13-6-5-11-3-1-2-4-12(11)17-13/h8,10-13,17H,1-7,9H2,(H,15,20). The Morgan fingerprint density at radius 1 is 1.30 bits per heavy atom. The summed E-state index contributed by atoms with van der Waals surface area (Å²) in [6, 6.07) is 0.550. The molecule has 6 nitrogen and oxygen atoms in total. The van der Waals surface area contributed by atoms with E-state index in [4.69, 9.17) is 0 Å². The average Bonchev–Trinajstić information content (AvgIpc) is 3.00. The Morgan fingerprint density at radius 3 is 3.05 bits per heavy atom. The fraction of sp³-hybridized carbons (Fsp3) is 0.786. The summed E-state index contributed by atoms with van der Waals surface area (Å²) in [6.45, 7) is 1.28. The Bertz CT molecular complexity index is 433. The van der Waals surface area contributed by atoms with E-state index in [0.717, 1.165) is 12.3 Å². The van der Waals surface area contributed by atoms with Gasteiger partial charge in [0.25, 0.3) is 0 Å². The third-order valence-corrected chi connectivity index (χ3v) is 4.58. The minimum Gasteiger partial charge on any atom is -0.353 e. The van der Waals surface area contributed by atoms with Crippen LogP contribution in [0.4, 0.5) is 0 Å². The quantitative estimate of drug-likeness (QED) is 0.850. The van der Waals surface area contributed by atoms with Gasteiger partial charge < -0.3 is 10.6 Å². The smallest absolute Gasteiger partial charge is 0.237 e. The van der Waals surface area contributed by atoms with Crippen molar-refractivity contribution in [2.75, 3.05) is 6.54 Å². The topological polar surface area (TPSA) is 71.8 Å². The number of rotatable bonds is 4. The zero-order valence-corrected chi connectivity index (χ0v) is 11.8. The molecule has 1 saturated carbocycles. The lowest BCUT2D eigenvalue weighted by Crippen LogP contribution is -2.55. The van der Waals surface area contributed by atoms with E-state index in [9.17, 15) is 4.79 Å². The van der Waals surface area contributed by atoms with Gasteiger partial charge in [-0.2, -0.15) is 0 Å². The van der Waals surface area contributed by atoms with Crippen LogP contribution < -0.4 is 10.6 Å². The first-order chi connectivity index (χ1) is 9.83. The molecule has 1 aliphatic carbocycles. The highest BCUT2D eigenvalue weighted by Crippen LogP contribution is 2.32. The number of hydrogen-bond donors (Lipinski definition) is 2. The molecule has 3 atom stereocenters. The van der Waals surface area contributed by atoms with Crippen molar-refractivity contribution in [2.45, 2.75) is 57.2 Å². The van der Waals surface area contributed by atoms with Gasteiger partial charge in [0.1, 0.15) is 0 Å². The molecule has 2 fully saturated rings. The molecule has 6 heteroatoms. The number of nitrogens with one attached hydrogen (secondary N) is 2. The van der Waals surface area contributed by atoms with Gasteiger partial charge in [0, 0.05) is 18.8 Å². The number of fused-ring (bicyclic) bond motifs is 1. The SMILES string of the molecule is O=C(NCCn1ccnn1)C1CCC2CCCCC2N1. The Balaban J connectivity index is 1.43. The fourth-order valence-corrected chi connectivity index (χ4v) is 3.47. The van der Waals surface area contributed by atoms with Gasteiger partial charge >= 0.3 is 0 Å². The molecule has 0 radical (unpaired) electrons. The Morgan fingerprint density at radius 2 is 2.20 bits per heavy atom. The Labute approximate surface area is 119 Å². The summed E-state index contributed by atoms with van der Waals surface area (Å²) in [4.78, 5) is 12.2. The van der Waals surface area contributed by atoms with Crippen molar-refractivity contribution in [3.05, 3.63) is 12.4 Å². The molecule has 1 aliphatic heterocycles. The molecule has 2 aliphatic rings. The molecule has 2 N–H and O–H groups in total. The maximum Gasteiger partial charge on any atom is 0.237 e. The van der Waals surface area contributed by atoms with E-state index >= 15 is 0 Å². The van der Waals surface area contributed by atoms with Gasteiger partial charge in [0.05, 0.1) is 18.8 Å². The number of piperidine rings is 1. The molecule has 2 heterocycles. The number of carbonyl (C=O) groups excluding carboxylic acids is 1. The highest BCUT2D eigenvalue weighted by atomic mass is 16.2. The molecule has 0 aromatic carbocycles. The molecule has 1 aromatic heterocycles. The second-order valence-corrected chi connectivity index (χ2v) is 5.90. The molecule has 1 aromatic rings. The Kier molecular flexibility index (Phi) is 4.30. The second-order valence-electron chi connectivity index (χ2n) is 5.90. The third-order valence-electron chi connectivity index (χ3n) is 4.58. The van der Waals surface area contributed by atoms with Crippen molar-refractivity contribution in [2.24, 2.45) is 5.92 Å². The lowest BCUT2D eigenvalue weighted by Gasteiger charge is -2.39. The summed E-state index contributed by atoms with van der Waals surface area (Å²) in [5, 5.41) is 14.2. The predicted octanol–water partition coefficient (Wildman–Crippen LogP) is 0.705. The zero-order valence-electron chi connectivity index (χ0n) is 11.8. The van der Waals surface area contributed by atoms with Gasteiger partial charge in [-0.05, 0) is 31.6 Å². The number of aromatic nitrogens is 3. The van der Waals surface area contributed by atoms with E-state index in [2.05, 4.69) is 20.9 Å². The molecule has 0 bridgehead atoms. The van der Waals surface area contributed by atoms with Crippen LogP contribution in [0.1, 0.15) is 38.5 Å². The van der Waals surface area contributed by atoms with Gasteiger partial charge in [-0.1, -0.05) is 18.1 Å². The van der Waals surface area contributed by atoms with E-state index in [0.29, 0.717) is 19.1 Å². The first kappa shape index (κ1) is 13.5. The molecular weight excluding hydrogens is 254 g/mol. The molecule has 0 spiro atoms. The zero-order chi connectivity index (χ0) is 13.8. The van der Waals surface area contributed by atoms with Gasteiger partial charge in [0.15, 0.2) is 0 Å². The maximum atomic E-state index is 12.2. The van der Waals surface area contributed by atoms with Crippen LogP contribution in [0.25, 0.3) is 0 Å². The van der Waals surface area contributed by atoms with Crippen LogP contribution in [0, 0.1) is 5.92 Å². The summed E-state index contributed by atoms with van der Waals surface area (Å²) in [7, 11) is 0. The highest BCUT2D eigenvalue weighted by molar-refractivity contribution is 5.81. The van der Waals surface area contributed by atoms with Crippen LogP contribution in [0.15, 0.2) is 12.4 Å². The van der Waals surface area contributed by atoms with Gasteiger partial charge in [-0.25, -0.2) is 0 Å². The minimum absolute atomic E-state index is 0.00917. The van der Waals surface area contributed by atoms with Crippen LogP contribution in [-0.4, -0.2) is 39.5 Å². The summed E-state index contributed by atoms with van der Waals surface area (Å²) in [5.41, 5.74) is 0. The molecular formula is C14H23N5O. The number of carbonyl (C=O) groups is 1. The molecule has 1 saturated heterocycles. The monoisotopic (exact) mass is 277 g/mol. The van der Waals surface area contributed by atoms with E-state index < -0.39 is 0 Å². The summed E-state index contributed by atoms with van der Waals surface area (Å²) in [5.74, 6) is 0.928. The van der Waals surface area contributed by atoms with Crippen molar-refractivity contribution in [1.82, 2.24) is 25.6 Å². The summed E-state index contributed by atoms with van der Waals surface area (Å²) < 4.78 is 1.73. The van der Waals surface area contributed by atoms with Crippen molar-refractivity contribution in [3.63, 3.8) is 0 Å². The van der Waals surface area contributed by atoms with Gasteiger partial charge in [0.2, 0.25) is 5.91 Å². The summed E-state index contributed by atoms with van der Waals surface area (Å²) in [6.07, 6.45) is 10.8. The highest BCUT2D eigenvalue weighted by Gasteiger charge is 2.34. The summed E-state index contributed by atoms with van der Waals surface area (Å²) >= 11 is 0. The molecule has 110 valence electrons. The minimum atomic E-state index is -0.00917. The Hall–Kier alpha value is -1.43. The van der Waals surface area contributed by atoms with Crippen LogP contribution in [0.3, 0.4) is 0 Å². The number of nitrogens with zero attached hydrogens (tertiary/aromatic N) is 3. The van der Waals surface area contributed by atoms with Crippen molar-refractivity contribution < 1.29 is 4.79 Å². The maximum absolute atomic E-state index is 12.2. The molecule has 3 rings (SSSR count). The lowest BCUT2D eigenvalue weighted by molar-refractivity contribution is -0.124. The number of amides is 1. The van der Waals surface area contributed by atoms with E-state index in [-0.39, 0.29) is 11.9 Å². The van der Waals surface area contributed by atoms with Crippen molar-refractivity contribution >= 4 is 5.91 Å². The van der Waals surface area contributed by atoms with E-state index in [1.54, 1.807) is 17.1 Å². The third kappa shape index (κ3) is 3.17. The van der Waals surface area contributed by atoms with Gasteiger partial charge in [-0.15, -0.1) is 5.10 Å². The fourth-order valence-electron chi connectivity index (χ4n) is 3.47. The second kappa shape index (κ2) is 6.35. The lowest BCUT2D eigenvalue weighted by atomic mass is 9.77. The van der Waals surface area contributed by atoms with Crippen LogP contribution in [0.5, 0.6) is 0 Å². The average molecular weight is 277 g/mol. The normalized spacial score (nSPS) is 29.7. The largest absolute Gasteiger partial charge is 0.353 e. The van der Waals surface area contributed by atoms with Crippen LogP contribution in [0.2, 0.25) is 0 Å².